The Bertz CT molecular complexity index is 789. The van der Waals surface area contributed by atoms with Crippen LogP contribution in [0.5, 0.6) is 0 Å². The fraction of sp³-hybridized carbons (Fsp3) is 0.667. The van der Waals surface area contributed by atoms with E-state index < -0.39 is 5.60 Å². The van der Waals surface area contributed by atoms with Crippen LogP contribution in [0.3, 0.4) is 0 Å². The van der Waals surface area contributed by atoms with E-state index in [2.05, 4.69) is 16.4 Å². The molecule has 4 saturated carbocycles. The van der Waals surface area contributed by atoms with Crippen molar-refractivity contribution in [1.29, 1.82) is 5.26 Å². The highest BCUT2D eigenvalue weighted by molar-refractivity contribution is 5.68. The Morgan fingerprint density at radius 3 is 2.75 bits per heavy atom. The second kappa shape index (κ2) is 6.63. The number of aromatic nitrogens is 1. The Balaban J connectivity index is 1.16. The summed E-state index contributed by atoms with van der Waals surface area (Å²) in [6.45, 7) is 1.26. The first-order valence-electron chi connectivity index (χ1n) is 10.3. The van der Waals surface area contributed by atoms with Crippen LogP contribution in [0.15, 0.2) is 18.3 Å². The number of hydrogen-bond acceptors (Lipinski definition) is 6. The molecule has 1 aromatic rings. The quantitative estimate of drug-likeness (QED) is 0.833. The number of aliphatic hydroxyl groups is 1. The molecule has 0 radical (unpaired) electrons. The third-order valence-electron chi connectivity index (χ3n) is 7.08. The number of hydrogen-bond donors (Lipinski definition) is 2. The summed E-state index contributed by atoms with van der Waals surface area (Å²) >= 11 is 0. The van der Waals surface area contributed by atoms with E-state index in [0.717, 1.165) is 38.5 Å². The van der Waals surface area contributed by atoms with Gasteiger partial charge in [0.2, 0.25) is 0 Å². The van der Waals surface area contributed by atoms with Crippen molar-refractivity contribution in [1.82, 2.24) is 9.88 Å². The molecule has 7 heteroatoms. The van der Waals surface area contributed by atoms with Crippen LogP contribution in [-0.2, 0) is 4.74 Å². The van der Waals surface area contributed by atoms with Gasteiger partial charge in [-0.1, -0.05) is 0 Å². The first kappa shape index (κ1) is 17.7. The van der Waals surface area contributed by atoms with Crippen LogP contribution in [0, 0.1) is 29.1 Å². The van der Waals surface area contributed by atoms with Crippen LogP contribution in [-0.4, -0.2) is 51.9 Å². The molecular formula is C21H26N4O3. The fourth-order valence-corrected chi connectivity index (χ4v) is 6.12. The summed E-state index contributed by atoms with van der Waals surface area (Å²) in [5.41, 5.74) is 0.0263. The first-order chi connectivity index (χ1) is 13.5. The number of carbonyl (C=O) groups excluding carboxylic acids is 1. The molecule has 0 spiro atoms. The summed E-state index contributed by atoms with van der Waals surface area (Å²) in [7, 11) is 0. The van der Waals surface area contributed by atoms with Gasteiger partial charge in [-0.3, -0.25) is 0 Å². The summed E-state index contributed by atoms with van der Waals surface area (Å²) in [5.74, 6) is 1.96. The van der Waals surface area contributed by atoms with Gasteiger partial charge in [0.25, 0.3) is 0 Å². The van der Waals surface area contributed by atoms with Gasteiger partial charge in [-0.25, -0.2) is 9.78 Å². The van der Waals surface area contributed by atoms with Crippen molar-refractivity contribution in [3.8, 4) is 6.07 Å². The maximum absolute atomic E-state index is 12.8. The van der Waals surface area contributed by atoms with E-state index in [0.29, 0.717) is 42.2 Å². The number of rotatable bonds is 3. The van der Waals surface area contributed by atoms with E-state index >= 15 is 0 Å². The van der Waals surface area contributed by atoms with Crippen LogP contribution in [0.1, 0.15) is 44.1 Å². The number of nitrogens with zero attached hydrogens (tertiary/aromatic N) is 3. The molecule has 1 amide bonds. The molecule has 4 aliphatic carbocycles. The average molecular weight is 382 g/mol. The van der Waals surface area contributed by atoms with Crippen LogP contribution in [0.25, 0.3) is 0 Å². The van der Waals surface area contributed by atoms with Gasteiger partial charge >= 0.3 is 6.09 Å². The molecular weight excluding hydrogens is 356 g/mol. The van der Waals surface area contributed by atoms with Gasteiger partial charge in [0.05, 0.1) is 11.2 Å². The van der Waals surface area contributed by atoms with E-state index in [-0.39, 0.29) is 18.2 Å². The summed E-state index contributed by atoms with van der Waals surface area (Å²) < 4.78 is 5.98. The van der Waals surface area contributed by atoms with Gasteiger partial charge < -0.3 is 20.1 Å². The molecule has 3 atom stereocenters. The van der Waals surface area contributed by atoms with Crippen molar-refractivity contribution in [2.75, 3.05) is 18.4 Å². The smallest absolute Gasteiger partial charge is 0.410 e. The van der Waals surface area contributed by atoms with Gasteiger partial charge in [-0.2, -0.15) is 5.26 Å². The Hall–Kier alpha value is -2.33. The molecule has 4 bridgehead atoms. The minimum Gasteiger partial charge on any atom is -0.446 e. The Labute approximate surface area is 164 Å². The number of anilines is 1. The zero-order valence-electron chi connectivity index (χ0n) is 15.9. The molecule has 0 aromatic carbocycles. The topological polar surface area (TPSA) is 98.5 Å². The van der Waals surface area contributed by atoms with E-state index in [1.165, 1.54) is 0 Å². The summed E-state index contributed by atoms with van der Waals surface area (Å²) in [6.07, 6.45) is 6.82. The van der Waals surface area contributed by atoms with Crippen LogP contribution < -0.4 is 5.32 Å². The molecule has 5 fully saturated rings. The van der Waals surface area contributed by atoms with E-state index in [9.17, 15) is 9.90 Å². The number of nitrogens with one attached hydrogen (secondary N) is 1. The normalized spacial score (nSPS) is 38.3. The van der Waals surface area contributed by atoms with Crippen molar-refractivity contribution in [3.63, 3.8) is 0 Å². The Morgan fingerprint density at radius 2 is 2.11 bits per heavy atom. The van der Waals surface area contributed by atoms with Gasteiger partial charge in [-0.15, -0.1) is 0 Å². The molecule has 6 rings (SSSR count). The lowest BCUT2D eigenvalue weighted by molar-refractivity contribution is -0.177. The molecule has 28 heavy (non-hydrogen) atoms. The average Bonchev–Trinajstić information content (AvgIpc) is 3.12. The predicted octanol–water partition coefficient (Wildman–Crippen LogP) is 2.52. The van der Waals surface area contributed by atoms with Gasteiger partial charge in [-0.05, 0) is 68.4 Å². The zero-order chi connectivity index (χ0) is 19.3. The van der Waals surface area contributed by atoms with Gasteiger partial charge in [0.15, 0.2) is 0 Å². The summed E-state index contributed by atoms with van der Waals surface area (Å²) in [5, 5.41) is 22.9. The molecule has 1 aromatic heterocycles. The molecule has 2 unspecified atom stereocenters. The van der Waals surface area contributed by atoms with Crippen molar-refractivity contribution < 1.29 is 14.6 Å². The molecule has 7 nitrogen and oxygen atoms in total. The second-order valence-corrected chi connectivity index (χ2v) is 9.16. The highest BCUT2D eigenvalue weighted by Crippen LogP contribution is 2.56. The highest BCUT2D eigenvalue weighted by Gasteiger charge is 2.56. The fourth-order valence-electron chi connectivity index (χ4n) is 6.12. The number of ether oxygens (including phenoxy) is 1. The maximum atomic E-state index is 12.8. The Kier molecular flexibility index (Phi) is 4.20. The van der Waals surface area contributed by atoms with E-state index in [1.54, 1.807) is 23.2 Å². The number of pyridine rings is 1. The molecule has 2 heterocycles. The molecule has 5 aliphatic rings. The minimum atomic E-state index is -0.504. The number of likely N-dealkylation sites (tertiary alicyclic amines) is 1. The monoisotopic (exact) mass is 382 g/mol. The Morgan fingerprint density at radius 1 is 1.32 bits per heavy atom. The first-order valence-corrected chi connectivity index (χ1v) is 10.3. The lowest BCUT2D eigenvalue weighted by Gasteiger charge is -2.57. The lowest BCUT2D eigenvalue weighted by Crippen LogP contribution is -2.58. The van der Waals surface area contributed by atoms with Crippen LogP contribution >= 0.6 is 0 Å². The summed E-state index contributed by atoms with van der Waals surface area (Å²) in [6, 6.07) is 5.71. The number of carbonyl (C=O) groups is 1. The van der Waals surface area contributed by atoms with Gasteiger partial charge in [0.1, 0.15) is 18.0 Å². The minimum absolute atomic E-state index is 0.0310. The lowest BCUT2D eigenvalue weighted by atomic mass is 9.53. The van der Waals surface area contributed by atoms with E-state index in [1.807, 2.05) is 0 Å². The number of nitriles is 1. The van der Waals surface area contributed by atoms with E-state index in [4.69, 9.17) is 10.00 Å². The van der Waals surface area contributed by atoms with Crippen LogP contribution in [0.2, 0.25) is 0 Å². The van der Waals surface area contributed by atoms with Crippen molar-refractivity contribution >= 4 is 11.9 Å². The maximum Gasteiger partial charge on any atom is 0.410 e. The number of amides is 1. The third-order valence-corrected chi connectivity index (χ3v) is 7.08. The SMILES string of the molecule is N#Cc1ccc(N[C@@H]2CCN(C(=O)OC3C4CC5CC3CC(O)(C5)C4)C2)nc1. The predicted molar refractivity (Wildman–Crippen MR) is 101 cm³/mol. The standard InChI is InChI=1S/C21H26N4O3/c22-10-13-1-2-18(23-11-13)24-17-3-4-25(12-17)20(26)28-19-15-5-14-6-16(19)9-21(27,7-14)8-15/h1-2,11,14-17,19,27H,3-9,12H2,(H,23,24)/t14?,15?,16?,17-,19?,21?/m1/s1. The zero-order valence-corrected chi connectivity index (χ0v) is 15.9. The van der Waals surface area contributed by atoms with Gasteiger partial charge in [0, 0.05) is 25.3 Å². The second-order valence-electron chi connectivity index (χ2n) is 9.16. The van der Waals surface area contributed by atoms with Crippen molar-refractivity contribution in [2.24, 2.45) is 17.8 Å². The van der Waals surface area contributed by atoms with Crippen molar-refractivity contribution in [2.45, 2.75) is 56.3 Å². The largest absolute Gasteiger partial charge is 0.446 e. The molecule has 2 N–H and O–H groups in total. The molecule has 1 saturated heterocycles. The molecule has 1 aliphatic heterocycles. The molecule has 148 valence electrons. The highest BCUT2D eigenvalue weighted by atomic mass is 16.6. The summed E-state index contributed by atoms with van der Waals surface area (Å²) in [4.78, 5) is 18.8. The van der Waals surface area contributed by atoms with Crippen molar-refractivity contribution in [3.05, 3.63) is 23.9 Å². The van der Waals surface area contributed by atoms with Crippen LogP contribution in [0.4, 0.5) is 10.6 Å². The third kappa shape index (κ3) is 3.20.